The number of hydroxylamine groups is 1. The molecule has 1 N–H and O–H groups in total. The molecule has 100 valence electrons. The Balaban J connectivity index is 1.76. The van der Waals surface area contributed by atoms with Crippen LogP contribution in [0.15, 0.2) is 77.7 Å². The molecule has 1 heterocycles. The van der Waals surface area contributed by atoms with Crippen molar-refractivity contribution in [1.82, 2.24) is 5.48 Å². The summed E-state index contributed by atoms with van der Waals surface area (Å²) in [5, 5.41) is 2.37. The summed E-state index contributed by atoms with van der Waals surface area (Å²) in [6.07, 6.45) is 0. The van der Waals surface area contributed by atoms with E-state index in [-0.39, 0.29) is 7.05 Å². The fourth-order valence-electron chi connectivity index (χ4n) is 2.61. The van der Waals surface area contributed by atoms with Crippen LogP contribution in [0.4, 0.5) is 0 Å². The van der Waals surface area contributed by atoms with Crippen molar-refractivity contribution in [3.8, 4) is 0 Å². The molecule has 0 aromatic heterocycles. The molecule has 0 saturated heterocycles. The first-order valence-corrected chi connectivity index (χ1v) is 6.94. The Kier molecular flexibility index (Phi) is 2.94. The predicted molar refractivity (Wildman–Crippen MR) is 86.5 cm³/mol. The van der Waals surface area contributed by atoms with E-state index in [0.29, 0.717) is 0 Å². The molecule has 0 unspecified atom stereocenters. The lowest BCUT2D eigenvalue weighted by Gasteiger charge is -2.06. The standard InChI is InChI=1S/C17H13BN2O/c1-2-8-14(9-3-1)17-19-18(21-20-17)16-12-6-10-13-7-4-5-11-15(13)16/h1-12H,(H,19,20). The maximum Gasteiger partial charge on any atom is 0.497 e. The third-order valence-electron chi connectivity index (χ3n) is 3.65. The van der Waals surface area contributed by atoms with Crippen LogP contribution < -0.4 is 10.9 Å². The van der Waals surface area contributed by atoms with E-state index >= 15 is 0 Å². The zero-order chi connectivity index (χ0) is 14.1. The maximum absolute atomic E-state index is 5.66. The van der Waals surface area contributed by atoms with Gasteiger partial charge in [-0.3, -0.25) is 15.1 Å². The van der Waals surface area contributed by atoms with Crippen molar-refractivity contribution in [3.63, 3.8) is 0 Å². The van der Waals surface area contributed by atoms with E-state index in [2.05, 4.69) is 34.6 Å². The Morgan fingerprint density at radius 2 is 1.57 bits per heavy atom. The van der Waals surface area contributed by atoms with Gasteiger partial charge in [-0.1, -0.05) is 72.8 Å². The Labute approximate surface area is 123 Å². The molecule has 1 aliphatic rings. The molecule has 0 aliphatic carbocycles. The van der Waals surface area contributed by atoms with Crippen molar-refractivity contribution in [1.29, 1.82) is 0 Å². The fraction of sp³-hybridized carbons (Fsp3) is 0. The van der Waals surface area contributed by atoms with Crippen molar-refractivity contribution in [2.24, 2.45) is 4.90 Å². The molecule has 4 rings (SSSR count). The van der Waals surface area contributed by atoms with E-state index in [1.807, 2.05) is 48.5 Å². The number of nitrogens with one attached hydrogen (secondary N) is 1. The zero-order valence-electron chi connectivity index (χ0n) is 11.4. The number of hydrogen-bond donors (Lipinski definition) is 1. The van der Waals surface area contributed by atoms with Crippen molar-refractivity contribution >= 4 is 29.1 Å². The highest BCUT2D eigenvalue weighted by Crippen LogP contribution is 2.14. The second kappa shape index (κ2) is 5.07. The topological polar surface area (TPSA) is 33.6 Å². The lowest BCUT2D eigenvalue weighted by molar-refractivity contribution is 0.284. The van der Waals surface area contributed by atoms with Crippen molar-refractivity contribution in [3.05, 3.63) is 78.4 Å². The SMILES string of the molecule is c1ccc(C2=NB(c3cccc4ccccc34)ON2)cc1. The first-order chi connectivity index (χ1) is 10.4. The highest BCUT2D eigenvalue weighted by atomic mass is 16.6. The second-order valence-electron chi connectivity index (χ2n) is 4.98. The smallest absolute Gasteiger partial charge is 0.300 e. The number of rotatable bonds is 2. The van der Waals surface area contributed by atoms with Crippen molar-refractivity contribution in [2.75, 3.05) is 0 Å². The highest BCUT2D eigenvalue weighted by molar-refractivity contribution is 6.70. The molecule has 3 aromatic carbocycles. The molecule has 0 spiro atoms. The number of benzene rings is 3. The van der Waals surface area contributed by atoms with Crippen LogP contribution in [0.25, 0.3) is 10.8 Å². The summed E-state index contributed by atoms with van der Waals surface area (Å²) in [6.45, 7) is 0. The van der Waals surface area contributed by atoms with Crippen molar-refractivity contribution in [2.45, 2.75) is 0 Å². The Bertz CT molecular complexity index is 812. The van der Waals surface area contributed by atoms with E-state index in [9.17, 15) is 0 Å². The number of fused-ring (bicyclic) bond motifs is 1. The first kappa shape index (κ1) is 12.2. The van der Waals surface area contributed by atoms with E-state index in [0.717, 1.165) is 16.9 Å². The van der Waals surface area contributed by atoms with Gasteiger partial charge in [0.1, 0.15) is 5.84 Å². The molecule has 21 heavy (non-hydrogen) atoms. The van der Waals surface area contributed by atoms with Crippen LogP contribution >= 0.6 is 0 Å². The van der Waals surface area contributed by atoms with Gasteiger partial charge in [-0.15, -0.1) is 0 Å². The van der Waals surface area contributed by atoms with Crippen LogP contribution in [0.2, 0.25) is 0 Å². The number of hydrogen-bond acceptors (Lipinski definition) is 3. The molecule has 1 aliphatic heterocycles. The van der Waals surface area contributed by atoms with E-state index in [1.165, 1.54) is 10.8 Å². The van der Waals surface area contributed by atoms with Crippen LogP contribution in [0.5, 0.6) is 0 Å². The molecular formula is C17H13BN2O. The van der Waals surface area contributed by atoms with Crippen LogP contribution in [0.3, 0.4) is 0 Å². The zero-order valence-corrected chi connectivity index (χ0v) is 11.4. The maximum atomic E-state index is 5.66. The van der Waals surface area contributed by atoms with Crippen LogP contribution in [0.1, 0.15) is 5.56 Å². The van der Waals surface area contributed by atoms with Crippen LogP contribution in [0, 0.1) is 0 Å². The second-order valence-corrected chi connectivity index (χ2v) is 4.98. The van der Waals surface area contributed by atoms with Gasteiger partial charge in [0, 0.05) is 5.56 Å². The first-order valence-electron chi connectivity index (χ1n) is 6.94. The summed E-state index contributed by atoms with van der Waals surface area (Å²) in [5.41, 5.74) is 5.04. The van der Waals surface area contributed by atoms with Gasteiger partial charge in [0.2, 0.25) is 0 Å². The fourth-order valence-corrected chi connectivity index (χ4v) is 2.61. The largest absolute Gasteiger partial charge is 0.497 e. The van der Waals surface area contributed by atoms with E-state index in [1.54, 1.807) is 0 Å². The summed E-state index contributed by atoms with van der Waals surface area (Å²) in [4.78, 5) is 4.66. The third kappa shape index (κ3) is 2.20. The van der Waals surface area contributed by atoms with Gasteiger partial charge in [-0.2, -0.15) is 0 Å². The minimum Gasteiger partial charge on any atom is -0.300 e. The Morgan fingerprint density at radius 1 is 0.810 bits per heavy atom. The molecule has 0 saturated carbocycles. The quantitative estimate of drug-likeness (QED) is 0.727. The van der Waals surface area contributed by atoms with Gasteiger partial charge < -0.3 is 0 Å². The van der Waals surface area contributed by atoms with Gasteiger partial charge in [0.15, 0.2) is 0 Å². The van der Waals surface area contributed by atoms with E-state index < -0.39 is 0 Å². The lowest BCUT2D eigenvalue weighted by atomic mass is 9.72. The molecule has 3 aromatic rings. The van der Waals surface area contributed by atoms with Gasteiger partial charge >= 0.3 is 7.05 Å². The van der Waals surface area contributed by atoms with Crippen LogP contribution in [-0.4, -0.2) is 12.9 Å². The van der Waals surface area contributed by atoms with Gasteiger partial charge in [-0.25, -0.2) is 0 Å². The average molecular weight is 272 g/mol. The third-order valence-corrected chi connectivity index (χ3v) is 3.65. The molecule has 0 atom stereocenters. The summed E-state index contributed by atoms with van der Waals surface area (Å²) in [7, 11) is -0.314. The monoisotopic (exact) mass is 272 g/mol. The summed E-state index contributed by atoms with van der Waals surface area (Å²) in [5.74, 6) is 0.772. The molecular weight excluding hydrogens is 259 g/mol. The lowest BCUT2D eigenvalue weighted by Crippen LogP contribution is -2.32. The molecule has 3 nitrogen and oxygen atoms in total. The van der Waals surface area contributed by atoms with E-state index in [4.69, 9.17) is 4.76 Å². The molecule has 0 bridgehead atoms. The summed E-state index contributed by atoms with van der Waals surface area (Å²) >= 11 is 0. The van der Waals surface area contributed by atoms with Crippen molar-refractivity contribution < 1.29 is 4.76 Å². The number of amidine groups is 1. The minimum absolute atomic E-state index is 0.314. The summed E-state index contributed by atoms with van der Waals surface area (Å²) < 4.78 is 5.66. The average Bonchev–Trinajstić information content (AvgIpc) is 3.05. The molecule has 0 amide bonds. The molecule has 0 radical (unpaired) electrons. The number of nitrogens with zero attached hydrogens (tertiary/aromatic N) is 1. The molecule has 0 fully saturated rings. The van der Waals surface area contributed by atoms with Gasteiger partial charge in [0.05, 0.1) is 0 Å². The van der Waals surface area contributed by atoms with Gasteiger partial charge in [0.25, 0.3) is 0 Å². The Hall–Kier alpha value is -2.59. The van der Waals surface area contributed by atoms with Crippen LogP contribution in [-0.2, 0) is 4.76 Å². The predicted octanol–water partition coefficient (Wildman–Crippen LogP) is 2.52. The minimum atomic E-state index is -0.314. The van der Waals surface area contributed by atoms with Gasteiger partial charge in [-0.05, 0) is 16.2 Å². The highest BCUT2D eigenvalue weighted by Gasteiger charge is 2.28. The normalized spacial score (nSPS) is 14.1. The molecule has 4 heteroatoms. The Morgan fingerprint density at radius 3 is 2.48 bits per heavy atom. The summed E-state index contributed by atoms with van der Waals surface area (Å²) in [6, 6.07) is 24.5.